The van der Waals surface area contributed by atoms with Gasteiger partial charge in [0, 0.05) is 4.47 Å². The van der Waals surface area contributed by atoms with E-state index in [2.05, 4.69) is 15.9 Å². The normalized spacial score (nSPS) is 11.2. The molecule has 3 nitrogen and oxygen atoms in total. The van der Waals surface area contributed by atoms with Crippen molar-refractivity contribution in [2.45, 2.75) is 6.18 Å². The Kier molecular flexibility index (Phi) is 4.22. The summed E-state index contributed by atoms with van der Waals surface area (Å²) in [6.45, 7) is 0. The molecule has 0 heterocycles. The van der Waals surface area contributed by atoms with Gasteiger partial charge < -0.3 is 10.5 Å². The van der Waals surface area contributed by atoms with Crippen molar-refractivity contribution in [1.29, 1.82) is 0 Å². The van der Waals surface area contributed by atoms with E-state index in [0.29, 0.717) is 4.47 Å². The van der Waals surface area contributed by atoms with Crippen molar-refractivity contribution in [3.8, 4) is 11.5 Å². The molecule has 0 saturated carbocycles. The van der Waals surface area contributed by atoms with Gasteiger partial charge in [-0.1, -0.05) is 22.0 Å². The summed E-state index contributed by atoms with van der Waals surface area (Å²) in [7, 11) is 0. The zero-order chi connectivity index (χ0) is 15.6. The number of carbonyl (C=O) groups excluding carboxylic acids is 1. The molecule has 0 aliphatic carbocycles. The van der Waals surface area contributed by atoms with Gasteiger partial charge in [-0.05, 0) is 36.4 Å². The zero-order valence-electron chi connectivity index (χ0n) is 10.4. The second kappa shape index (κ2) is 5.77. The maximum Gasteiger partial charge on any atom is 0.416 e. The molecule has 2 aromatic carbocycles. The average molecular weight is 360 g/mol. The van der Waals surface area contributed by atoms with E-state index in [0.717, 1.165) is 12.1 Å². The second-order valence-electron chi connectivity index (χ2n) is 4.13. The van der Waals surface area contributed by atoms with E-state index in [1.165, 1.54) is 24.3 Å². The topological polar surface area (TPSA) is 52.3 Å². The molecule has 0 radical (unpaired) electrons. The number of carbonyl (C=O) groups is 1. The van der Waals surface area contributed by atoms with Gasteiger partial charge in [0.1, 0.15) is 11.5 Å². The molecule has 7 heteroatoms. The lowest BCUT2D eigenvalue weighted by atomic mass is 10.2. The molecule has 2 N–H and O–H groups in total. The molecule has 21 heavy (non-hydrogen) atoms. The minimum atomic E-state index is -4.47. The van der Waals surface area contributed by atoms with Crippen molar-refractivity contribution in [2.75, 3.05) is 0 Å². The Balaban J connectivity index is 2.37. The summed E-state index contributed by atoms with van der Waals surface area (Å²) in [6.07, 6.45) is -4.47. The van der Waals surface area contributed by atoms with Crippen LogP contribution in [0.15, 0.2) is 46.9 Å². The van der Waals surface area contributed by atoms with Crippen molar-refractivity contribution in [3.05, 3.63) is 58.1 Å². The molecule has 0 atom stereocenters. The van der Waals surface area contributed by atoms with Crippen LogP contribution < -0.4 is 10.5 Å². The standard InChI is InChI=1S/C14H9BrF3NO2/c15-9-4-5-12(11(7-9)13(19)20)21-10-3-1-2-8(6-10)14(16,17)18/h1-7H,(H2,19,20). The lowest BCUT2D eigenvalue weighted by Gasteiger charge is -2.12. The molecule has 0 unspecified atom stereocenters. The van der Waals surface area contributed by atoms with Crippen LogP contribution in [0, 0.1) is 0 Å². The van der Waals surface area contributed by atoms with Crippen molar-refractivity contribution >= 4 is 21.8 Å². The largest absolute Gasteiger partial charge is 0.457 e. The van der Waals surface area contributed by atoms with Crippen LogP contribution in [0.1, 0.15) is 15.9 Å². The predicted octanol–water partition coefficient (Wildman–Crippen LogP) is 4.36. The first-order valence-electron chi connectivity index (χ1n) is 5.72. The Hall–Kier alpha value is -2.02. The third-order valence-corrected chi connectivity index (χ3v) is 3.09. The maximum atomic E-state index is 12.6. The number of hydrogen-bond donors (Lipinski definition) is 1. The number of hydrogen-bond acceptors (Lipinski definition) is 2. The smallest absolute Gasteiger partial charge is 0.416 e. The molecule has 2 rings (SSSR count). The number of amides is 1. The van der Waals surface area contributed by atoms with Gasteiger partial charge in [-0.2, -0.15) is 13.2 Å². The van der Waals surface area contributed by atoms with Crippen molar-refractivity contribution in [2.24, 2.45) is 5.73 Å². The van der Waals surface area contributed by atoms with Gasteiger partial charge in [0.05, 0.1) is 11.1 Å². The van der Waals surface area contributed by atoms with E-state index in [4.69, 9.17) is 10.5 Å². The van der Waals surface area contributed by atoms with Crippen LogP contribution in [0.3, 0.4) is 0 Å². The average Bonchev–Trinajstić information content (AvgIpc) is 2.40. The number of nitrogens with two attached hydrogens (primary N) is 1. The first-order valence-corrected chi connectivity index (χ1v) is 6.51. The van der Waals surface area contributed by atoms with Crippen LogP contribution in [0.2, 0.25) is 0 Å². The molecule has 110 valence electrons. The van der Waals surface area contributed by atoms with Crippen molar-refractivity contribution < 1.29 is 22.7 Å². The summed E-state index contributed by atoms with van der Waals surface area (Å²) < 4.78 is 43.8. The Morgan fingerprint density at radius 1 is 1.14 bits per heavy atom. The molecule has 0 fully saturated rings. The number of rotatable bonds is 3. The quantitative estimate of drug-likeness (QED) is 0.884. The number of ether oxygens (including phenoxy) is 1. The summed E-state index contributed by atoms with van der Waals surface area (Å²) in [5.74, 6) is -0.682. The highest BCUT2D eigenvalue weighted by atomic mass is 79.9. The highest BCUT2D eigenvalue weighted by Crippen LogP contribution is 2.33. The lowest BCUT2D eigenvalue weighted by Crippen LogP contribution is -2.12. The summed E-state index contributed by atoms with van der Waals surface area (Å²) >= 11 is 3.18. The monoisotopic (exact) mass is 359 g/mol. The molecule has 1 amide bonds. The van der Waals surface area contributed by atoms with E-state index in [9.17, 15) is 18.0 Å². The molecule has 0 saturated heterocycles. The first-order chi connectivity index (χ1) is 9.77. The Labute approximate surface area is 126 Å². The molecule has 0 spiro atoms. The molecule has 0 bridgehead atoms. The van der Waals surface area contributed by atoms with Crippen LogP contribution in [-0.2, 0) is 6.18 Å². The van der Waals surface area contributed by atoms with Crippen LogP contribution in [0.5, 0.6) is 11.5 Å². The molecule has 0 aliphatic rings. The third kappa shape index (κ3) is 3.75. The van der Waals surface area contributed by atoms with Crippen LogP contribution >= 0.6 is 15.9 Å². The Bertz CT molecular complexity index is 686. The highest BCUT2D eigenvalue weighted by molar-refractivity contribution is 9.10. The lowest BCUT2D eigenvalue weighted by molar-refractivity contribution is -0.137. The van der Waals surface area contributed by atoms with Crippen molar-refractivity contribution in [1.82, 2.24) is 0 Å². The van der Waals surface area contributed by atoms with Gasteiger partial charge >= 0.3 is 6.18 Å². The van der Waals surface area contributed by atoms with Gasteiger partial charge in [0.25, 0.3) is 5.91 Å². The fraction of sp³-hybridized carbons (Fsp3) is 0.0714. The second-order valence-corrected chi connectivity index (χ2v) is 5.05. The fourth-order valence-corrected chi connectivity index (χ4v) is 2.01. The number of alkyl halides is 3. The molecular formula is C14H9BrF3NO2. The van der Waals surface area contributed by atoms with Gasteiger partial charge in [-0.25, -0.2) is 0 Å². The third-order valence-electron chi connectivity index (χ3n) is 2.60. The van der Waals surface area contributed by atoms with Crippen LogP contribution in [-0.4, -0.2) is 5.91 Å². The van der Waals surface area contributed by atoms with Crippen LogP contribution in [0.25, 0.3) is 0 Å². The first kappa shape index (κ1) is 15.4. The van der Waals surface area contributed by atoms with E-state index in [-0.39, 0.29) is 17.1 Å². The van der Waals surface area contributed by atoms with Crippen molar-refractivity contribution in [3.63, 3.8) is 0 Å². The van der Waals surface area contributed by atoms with E-state index < -0.39 is 17.6 Å². The summed E-state index contributed by atoms with van der Waals surface area (Å²) in [5.41, 5.74) is 4.45. The van der Waals surface area contributed by atoms with E-state index in [1.54, 1.807) is 6.07 Å². The molecule has 0 aliphatic heterocycles. The number of halogens is 4. The predicted molar refractivity (Wildman–Crippen MR) is 74.2 cm³/mol. The Morgan fingerprint density at radius 3 is 2.48 bits per heavy atom. The van der Waals surface area contributed by atoms with Gasteiger partial charge in [0.15, 0.2) is 0 Å². The number of benzene rings is 2. The number of primary amides is 1. The van der Waals surface area contributed by atoms with E-state index in [1.807, 2.05) is 0 Å². The molecule has 2 aromatic rings. The zero-order valence-corrected chi connectivity index (χ0v) is 12.0. The van der Waals surface area contributed by atoms with Gasteiger partial charge in [0.2, 0.25) is 0 Å². The summed E-state index contributed by atoms with van der Waals surface area (Å²) in [4.78, 5) is 11.3. The summed E-state index contributed by atoms with van der Waals surface area (Å²) in [6, 6.07) is 8.85. The van der Waals surface area contributed by atoms with E-state index >= 15 is 0 Å². The maximum absolute atomic E-state index is 12.6. The SMILES string of the molecule is NC(=O)c1cc(Br)ccc1Oc1cccc(C(F)(F)F)c1. The van der Waals surface area contributed by atoms with Gasteiger partial charge in [-0.15, -0.1) is 0 Å². The minimum absolute atomic E-state index is 0.0327. The summed E-state index contributed by atoms with van der Waals surface area (Å²) in [5, 5.41) is 0. The molecular weight excluding hydrogens is 351 g/mol. The highest BCUT2D eigenvalue weighted by Gasteiger charge is 2.30. The van der Waals surface area contributed by atoms with Gasteiger partial charge in [-0.3, -0.25) is 4.79 Å². The van der Waals surface area contributed by atoms with Crippen LogP contribution in [0.4, 0.5) is 13.2 Å². The minimum Gasteiger partial charge on any atom is -0.457 e. The Morgan fingerprint density at radius 2 is 1.86 bits per heavy atom. The fourth-order valence-electron chi connectivity index (χ4n) is 1.65. The molecule has 0 aromatic heterocycles.